The van der Waals surface area contributed by atoms with Crippen LogP contribution in [0.25, 0.3) is 0 Å². The van der Waals surface area contributed by atoms with E-state index >= 15 is 0 Å². The van der Waals surface area contributed by atoms with Gasteiger partial charge in [0.2, 0.25) is 5.91 Å². The summed E-state index contributed by atoms with van der Waals surface area (Å²) in [5.41, 5.74) is 2.57. The molecule has 8 heteroatoms. The van der Waals surface area contributed by atoms with Gasteiger partial charge in [0.05, 0.1) is 0 Å². The lowest BCUT2D eigenvalue weighted by atomic mass is 10.2. The largest absolute Gasteiger partial charge is 0.338 e. The summed E-state index contributed by atoms with van der Waals surface area (Å²) in [6.45, 7) is 9.15. The number of nitrogens with one attached hydrogen (secondary N) is 3. The zero-order valence-corrected chi connectivity index (χ0v) is 19.3. The van der Waals surface area contributed by atoms with Crippen LogP contribution in [0.3, 0.4) is 0 Å². The van der Waals surface area contributed by atoms with Crippen LogP contribution in [0.15, 0.2) is 48.5 Å². The van der Waals surface area contributed by atoms with Gasteiger partial charge in [0.15, 0.2) is 0 Å². The maximum Gasteiger partial charge on any atom is 0.319 e. The average molecular weight is 456 g/mol. The number of carbonyl (C=O) groups excluding carboxylic acids is 2. The van der Waals surface area contributed by atoms with Crippen molar-refractivity contribution in [2.75, 3.05) is 49.9 Å². The number of hydrogen-bond acceptors (Lipinski definition) is 4. The Morgan fingerprint density at radius 1 is 0.848 bits per heavy atom. The van der Waals surface area contributed by atoms with E-state index in [2.05, 4.69) is 44.8 Å². The summed E-state index contributed by atoms with van der Waals surface area (Å²) in [4.78, 5) is 28.9. The third-order valence-electron chi connectivity index (χ3n) is 5.77. The molecular formula is C25H34FN5O2. The van der Waals surface area contributed by atoms with E-state index in [1.54, 1.807) is 0 Å². The molecule has 0 aromatic heterocycles. The quantitative estimate of drug-likeness (QED) is 0.475. The number of carbonyl (C=O) groups is 2. The Bertz CT molecular complexity index is 881. The zero-order valence-electron chi connectivity index (χ0n) is 19.3. The maximum absolute atomic E-state index is 12.9. The number of hydrogen-bond donors (Lipinski definition) is 3. The molecule has 3 rings (SSSR count). The number of likely N-dealkylation sites (N-methyl/N-ethyl adjacent to an activating group) is 1. The van der Waals surface area contributed by atoms with E-state index in [0.717, 1.165) is 45.0 Å². The average Bonchev–Trinajstić information content (AvgIpc) is 2.82. The van der Waals surface area contributed by atoms with Crippen LogP contribution in [0.4, 0.5) is 20.6 Å². The molecule has 0 unspecified atom stereocenters. The van der Waals surface area contributed by atoms with Crippen LogP contribution in [0, 0.1) is 5.82 Å². The van der Waals surface area contributed by atoms with Crippen LogP contribution in [0.5, 0.6) is 0 Å². The highest BCUT2D eigenvalue weighted by molar-refractivity contribution is 5.90. The van der Waals surface area contributed by atoms with Crippen molar-refractivity contribution in [2.45, 2.75) is 32.7 Å². The molecule has 1 aliphatic rings. The molecule has 178 valence electrons. The van der Waals surface area contributed by atoms with Crippen molar-refractivity contribution in [3.63, 3.8) is 0 Å². The molecule has 0 atom stereocenters. The van der Waals surface area contributed by atoms with Crippen molar-refractivity contribution >= 4 is 23.3 Å². The molecular weight excluding hydrogens is 421 g/mol. The van der Waals surface area contributed by atoms with Crippen LogP contribution >= 0.6 is 0 Å². The van der Waals surface area contributed by atoms with E-state index in [-0.39, 0.29) is 17.8 Å². The van der Waals surface area contributed by atoms with Crippen LogP contribution in [0.1, 0.15) is 31.7 Å². The van der Waals surface area contributed by atoms with Crippen molar-refractivity contribution in [2.24, 2.45) is 0 Å². The highest BCUT2D eigenvalue weighted by atomic mass is 19.1. The number of rotatable bonds is 10. The summed E-state index contributed by atoms with van der Waals surface area (Å²) in [5.74, 6) is -0.465. The summed E-state index contributed by atoms with van der Waals surface area (Å²) in [7, 11) is 0. The molecule has 1 fully saturated rings. The summed E-state index contributed by atoms with van der Waals surface area (Å²) in [6.07, 6.45) is 1.68. The first-order valence-electron chi connectivity index (χ1n) is 11.7. The molecule has 2 aromatic carbocycles. The Kier molecular flexibility index (Phi) is 9.65. The topological polar surface area (TPSA) is 76.7 Å². The number of unbranched alkanes of at least 4 members (excludes halogenated alkanes) is 1. The first-order chi connectivity index (χ1) is 16.0. The van der Waals surface area contributed by atoms with Gasteiger partial charge in [0, 0.05) is 57.1 Å². The molecule has 0 spiro atoms. The van der Waals surface area contributed by atoms with Gasteiger partial charge < -0.3 is 20.9 Å². The summed E-state index contributed by atoms with van der Waals surface area (Å²) < 4.78 is 12.9. The van der Waals surface area contributed by atoms with Gasteiger partial charge in [-0.3, -0.25) is 9.69 Å². The van der Waals surface area contributed by atoms with Gasteiger partial charge in [-0.25, -0.2) is 9.18 Å². The second kappa shape index (κ2) is 12.9. The fraction of sp³-hybridized carbons (Fsp3) is 0.440. The Balaban J connectivity index is 1.27. The van der Waals surface area contributed by atoms with Gasteiger partial charge in [-0.15, -0.1) is 0 Å². The van der Waals surface area contributed by atoms with E-state index in [1.807, 2.05) is 12.1 Å². The van der Waals surface area contributed by atoms with Gasteiger partial charge in [-0.05, 0) is 61.3 Å². The minimum absolute atomic E-state index is 0.126. The Hall–Kier alpha value is -2.97. The van der Waals surface area contributed by atoms with Gasteiger partial charge >= 0.3 is 6.03 Å². The predicted octanol–water partition coefficient (Wildman–Crippen LogP) is 3.89. The van der Waals surface area contributed by atoms with Crippen molar-refractivity contribution in [1.82, 2.24) is 15.1 Å². The molecule has 7 nitrogen and oxygen atoms in total. The molecule has 1 heterocycles. The maximum atomic E-state index is 12.9. The number of nitrogens with zero attached hydrogens (tertiary/aromatic N) is 2. The van der Waals surface area contributed by atoms with E-state index in [4.69, 9.17) is 0 Å². The van der Waals surface area contributed by atoms with Gasteiger partial charge in [-0.2, -0.15) is 0 Å². The first kappa shape index (κ1) is 24.7. The zero-order chi connectivity index (χ0) is 23.5. The Labute approximate surface area is 195 Å². The van der Waals surface area contributed by atoms with E-state index in [0.29, 0.717) is 31.5 Å². The second-order valence-electron chi connectivity index (χ2n) is 8.30. The molecule has 0 aliphatic carbocycles. The summed E-state index contributed by atoms with van der Waals surface area (Å²) >= 11 is 0. The lowest BCUT2D eigenvalue weighted by molar-refractivity contribution is -0.116. The number of anilines is 2. The molecule has 3 N–H and O–H groups in total. The molecule has 0 saturated carbocycles. The van der Waals surface area contributed by atoms with E-state index in [9.17, 15) is 14.0 Å². The van der Waals surface area contributed by atoms with Crippen molar-refractivity contribution < 1.29 is 14.0 Å². The highest BCUT2D eigenvalue weighted by Crippen LogP contribution is 2.13. The van der Waals surface area contributed by atoms with Crippen LogP contribution in [-0.2, 0) is 11.3 Å². The SMILES string of the molecule is CCN1CCN(Cc2ccc(NC(=O)NCCCCC(=O)Nc3ccc(F)cc3)cc2)CC1. The molecule has 0 radical (unpaired) electrons. The van der Waals surface area contributed by atoms with Gasteiger partial charge in [0.1, 0.15) is 5.82 Å². The monoisotopic (exact) mass is 455 g/mol. The van der Waals surface area contributed by atoms with E-state index in [1.165, 1.54) is 29.8 Å². The lowest BCUT2D eigenvalue weighted by Crippen LogP contribution is -2.45. The molecule has 1 saturated heterocycles. The normalized spacial score (nSPS) is 14.6. The Morgan fingerprint density at radius 3 is 2.12 bits per heavy atom. The fourth-order valence-electron chi connectivity index (χ4n) is 3.76. The summed E-state index contributed by atoms with van der Waals surface area (Å²) in [5, 5.41) is 8.38. The third-order valence-corrected chi connectivity index (χ3v) is 5.77. The van der Waals surface area contributed by atoms with Crippen LogP contribution in [0.2, 0.25) is 0 Å². The fourth-order valence-corrected chi connectivity index (χ4v) is 3.76. The van der Waals surface area contributed by atoms with E-state index < -0.39 is 0 Å². The van der Waals surface area contributed by atoms with Crippen molar-refractivity contribution in [3.8, 4) is 0 Å². The van der Waals surface area contributed by atoms with Gasteiger partial charge in [0.25, 0.3) is 0 Å². The number of piperazine rings is 1. The minimum atomic E-state index is -0.339. The number of benzene rings is 2. The first-order valence-corrected chi connectivity index (χ1v) is 11.7. The van der Waals surface area contributed by atoms with Crippen LogP contribution < -0.4 is 16.0 Å². The van der Waals surface area contributed by atoms with Gasteiger partial charge in [-0.1, -0.05) is 19.1 Å². The lowest BCUT2D eigenvalue weighted by Gasteiger charge is -2.34. The van der Waals surface area contributed by atoms with Crippen molar-refractivity contribution in [3.05, 3.63) is 59.9 Å². The predicted molar refractivity (Wildman–Crippen MR) is 130 cm³/mol. The molecule has 3 amide bonds. The van der Waals surface area contributed by atoms with Crippen molar-refractivity contribution in [1.29, 1.82) is 0 Å². The standard InChI is InChI=1S/C25H34FN5O2/c1-2-30-15-17-31(18-16-30)19-20-6-10-23(11-7-20)29-25(33)27-14-4-3-5-24(32)28-22-12-8-21(26)9-13-22/h6-13H,2-5,14-19H2,1H3,(H,28,32)(H2,27,29,33). The minimum Gasteiger partial charge on any atom is -0.338 e. The molecule has 2 aromatic rings. The third kappa shape index (κ3) is 8.82. The Morgan fingerprint density at radius 2 is 1.45 bits per heavy atom. The molecule has 33 heavy (non-hydrogen) atoms. The second-order valence-corrected chi connectivity index (χ2v) is 8.30. The molecule has 0 bridgehead atoms. The highest BCUT2D eigenvalue weighted by Gasteiger charge is 2.15. The van der Waals surface area contributed by atoms with Crippen LogP contribution in [-0.4, -0.2) is 61.0 Å². The number of urea groups is 1. The summed E-state index contributed by atoms with van der Waals surface area (Å²) in [6, 6.07) is 13.4. The molecule has 1 aliphatic heterocycles. The number of halogens is 1. The number of amides is 3. The smallest absolute Gasteiger partial charge is 0.319 e.